The summed E-state index contributed by atoms with van der Waals surface area (Å²) in [6.07, 6.45) is 1.12. The van der Waals surface area contributed by atoms with Crippen LogP contribution in [0.25, 0.3) is 0 Å². The molecule has 1 aromatic carbocycles. The average molecular weight is 273 g/mol. The molecule has 1 heterocycles. The Morgan fingerprint density at radius 1 is 1.30 bits per heavy atom. The fourth-order valence-electron chi connectivity index (χ4n) is 2.57. The number of carbonyl (C=O) groups is 2. The standard InChI is InChI=1S/C15H15NO4/c17-11-6-7-15(8-12(18)16-15)14(19)13(11)20-9-10-4-2-1-3-5-10/h1-7,13-14,19H,8-9H2,(H,16,18)/t13-,14-,15?/m1/s1. The Hall–Kier alpha value is -1.98. The highest BCUT2D eigenvalue weighted by molar-refractivity contribution is 5.98. The van der Waals surface area contributed by atoms with Crippen molar-refractivity contribution in [2.24, 2.45) is 0 Å². The van der Waals surface area contributed by atoms with Crippen molar-refractivity contribution in [2.75, 3.05) is 0 Å². The Balaban J connectivity index is 1.71. The average Bonchev–Trinajstić information content (AvgIpc) is 2.42. The molecule has 3 rings (SSSR count). The number of ketones is 1. The topological polar surface area (TPSA) is 75.6 Å². The van der Waals surface area contributed by atoms with E-state index in [0.29, 0.717) is 0 Å². The maximum atomic E-state index is 11.9. The molecule has 1 aromatic rings. The first-order valence-corrected chi connectivity index (χ1v) is 6.48. The van der Waals surface area contributed by atoms with Gasteiger partial charge in [0.05, 0.1) is 18.6 Å². The number of carbonyl (C=O) groups excluding carboxylic acids is 2. The predicted octanol–water partition coefficient (Wildman–Crippen LogP) is 0.330. The van der Waals surface area contributed by atoms with Crippen LogP contribution in [0, 0.1) is 0 Å². The molecular weight excluding hydrogens is 258 g/mol. The van der Waals surface area contributed by atoms with E-state index in [2.05, 4.69) is 5.32 Å². The lowest BCUT2D eigenvalue weighted by molar-refractivity contribution is -0.153. The van der Waals surface area contributed by atoms with E-state index < -0.39 is 17.7 Å². The van der Waals surface area contributed by atoms with Gasteiger partial charge in [0.1, 0.15) is 12.2 Å². The highest BCUT2D eigenvalue weighted by Gasteiger charge is 2.53. The molecule has 1 fully saturated rings. The molecule has 0 saturated carbocycles. The number of aliphatic hydroxyl groups is 1. The van der Waals surface area contributed by atoms with Crippen LogP contribution in [0.2, 0.25) is 0 Å². The van der Waals surface area contributed by atoms with Gasteiger partial charge in [-0.05, 0) is 11.6 Å². The summed E-state index contributed by atoms with van der Waals surface area (Å²) in [6.45, 7) is 0.242. The van der Waals surface area contributed by atoms with Gasteiger partial charge in [0.2, 0.25) is 5.91 Å². The summed E-state index contributed by atoms with van der Waals surface area (Å²) in [7, 11) is 0. The molecule has 1 aliphatic heterocycles. The highest BCUT2D eigenvalue weighted by Crippen LogP contribution is 2.32. The maximum absolute atomic E-state index is 11.9. The van der Waals surface area contributed by atoms with Crippen LogP contribution >= 0.6 is 0 Å². The molecular formula is C15H15NO4. The Kier molecular flexibility index (Phi) is 3.16. The Bertz CT molecular complexity index is 558. The lowest BCUT2D eigenvalue weighted by Crippen LogP contribution is -2.71. The number of aliphatic hydroxyl groups excluding tert-OH is 1. The molecule has 1 amide bonds. The lowest BCUT2D eigenvalue weighted by atomic mass is 9.75. The first-order valence-electron chi connectivity index (χ1n) is 6.48. The second kappa shape index (κ2) is 4.85. The van der Waals surface area contributed by atoms with Crippen LogP contribution < -0.4 is 5.32 Å². The van der Waals surface area contributed by atoms with E-state index in [9.17, 15) is 14.7 Å². The van der Waals surface area contributed by atoms with Crippen molar-refractivity contribution in [1.29, 1.82) is 0 Å². The third kappa shape index (κ3) is 2.15. The van der Waals surface area contributed by atoms with E-state index in [4.69, 9.17) is 4.74 Å². The molecule has 20 heavy (non-hydrogen) atoms. The van der Waals surface area contributed by atoms with Gasteiger partial charge >= 0.3 is 0 Å². The van der Waals surface area contributed by atoms with Crippen LogP contribution in [-0.4, -0.2) is 34.5 Å². The molecule has 0 bridgehead atoms. The minimum atomic E-state index is -1.05. The van der Waals surface area contributed by atoms with Crippen LogP contribution in [0.4, 0.5) is 0 Å². The third-order valence-corrected chi connectivity index (χ3v) is 3.74. The summed E-state index contributed by atoms with van der Waals surface area (Å²) in [5, 5.41) is 12.9. The molecule has 5 heteroatoms. The third-order valence-electron chi connectivity index (χ3n) is 3.74. The van der Waals surface area contributed by atoms with E-state index in [1.54, 1.807) is 6.08 Å². The van der Waals surface area contributed by atoms with E-state index in [0.717, 1.165) is 5.56 Å². The fourth-order valence-corrected chi connectivity index (χ4v) is 2.57. The van der Waals surface area contributed by atoms with Gasteiger partial charge in [-0.1, -0.05) is 36.4 Å². The van der Waals surface area contributed by atoms with Crippen molar-refractivity contribution in [3.8, 4) is 0 Å². The quantitative estimate of drug-likeness (QED) is 0.778. The molecule has 1 unspecified atom stereocenters. The fraction of sp³-hybridized carbons (Fsp3) is 0.333. The molecule has 2 N–H and O–H groups in total. The SMILES string of the molecule is O=C1CC2(C=CC(=O)[C@@H](OCc3ccccc3)[C@H]2O)N1. The number of hydrogen-bond donors (Lipinski definition) is 2. The Morgan fingerprint density at radius 3 is 2.65 bits per heavy atom. The van der Waals surface area contributed by atoms with Crippen molar-refractivity contribution in [3.63, 3.8) is 0 Å². The molecule has 1 aliphatic carbocycles. The van der Waals surface area contributed by atoms with E-state index in [1.165, 1.54) is 6.08 Å². The number of ether oxygens (including phenoxy) is 1. The Labute approximate surface area is 116 Å². The van der Waals surface area contributed by atoms with Crippen LogP contribution in [0.1, 0.15) is 12.0 Å². The molecule has 3 atom stereocenters. The number of benzene rings is 1. The second-order valence-electron chi connectivity index (χ2n) is 5.16. The van der Waals surface area contributed by atoms with Gasteiger partial charge in [-0.3, -0.25) is 9.59 Å². The summed E-state index contributed by atoms with van der Waals surface area (Å²) in [5.74, 6) is -0.412. The minimum Gasteiger partial charge on any atom is -0.387 e. The molecule has 1 saturated heterocycles. The zero-order valence-corrected chi connectivity index (χ0v) is 10.8. The van der Waals surface area contributed by atoms with Crippen LogP contribution in [0.3, 0.4) is 0 Å². The van der Waals surface area contributed by atoms with Crippen molar-refractivity contribution < 1.29 is 19.4 Å². The number of β-lactam (4-membered cyclic amide) rings is 1. The lowest BCUT2D eigenvalue weighted by Gasteiger charge is -2.47. The molecule has 2 aliphatic rings. The summed E-state index contributed by atoms with van der Waals surface area (Å²) in [6, 6.07) is 9.43. The zero-order valence-electron chi connectivity index (χ0n) is 10.8. The van der Waals surface area contributed by atoms with Crippen molar-refractivity contribution >= 4 is 11.7 Å². The van der Waals surface area contributed by atoms with Gasteiger partial charge in [-0.2, -0.15) is 0 Å². The molecule has 0 radical (unpaired) electrons. The van der Waals surface area contributed by atoms with Crippen molar-refractivity contribution in [1.82, 2.24) is 5.32 Å². The number of hydrogen-bond acceptors (Lipinski definition) is 4. The highest BCUT2D eigenvalue weighted by atomic mass is 16.5. The summed E-state index contributed by atoms with van der Waals surface area (Å²) >= 11 is 0. The van der Waals surface area contributed by atoms with E-state index in [-0.39, 0.29) is 24.7 Å². The monoisotopic (exact) mass is 273 g/mol. The number of nitrogens with one attached hydrogen (secondary N) is 1. The molecule has 0 aromatic heterocycles. The molecule has 104 valence electrons. The molecule has 1 spiro atoms. The normalized spacial score (nSPS) is 32.0. The first kappa shape index (κ1) is 13.0. The largest absolute Gasteiger partial charge is 0.387 e. The Morgan fingerprint density at radius 2 is 2.00 bits per heavy atom. The maximum Gasteiger partial charge on any atom is 0.223 e. The first-order chi connectivity index (χ1) is 9.61. The number of rotatable bonds is 3. The summed E-state index contributed by atoms with van der Waals surface area (Å²) in [5.41, 5.74) is 0.0838. The zero-order chi connectivity index (χ0) is 14.2. The van der Waals surface area contributed by atoms with Gasteiger partial charge in [-0.25, -0.2) is 0 Å². The number of amides is 1. The van der Waals surface area contributed by atoms with Crippen LogP contribution in [0.5, 0.6) is 0 Å². The second-order valence-corrected chi connectivity index (χ2v) is 5.16. The van der Waals surface area contributed by atoms with E-state index >= 15 is 0 Å². The minimum absolute atomic E-state index is 0.134. The van der Waals surface area contributed by atoms with Gasteiger partial charge in [0.15, 0.2) is 5.78 Å². The van der Waals surface area contributed by atoms with Crippen molar-refractivity contribution in [3.05, 3.63) is 48.0 Å². The van der Waals surface area contributed by atoms with Gasteiger partial charge in [0.25, 0.3) is 0 Å². The molecule has 5 nitrogen and oxygen atoms in total. The smallest absolute Gasteiger partial charge is 0.223 e. The summed E-state index contributed by atoms with van der Waals surface area (Å²) < 4.78 is 5.56. The summed E-state index contributed by atoms with van der Waals surface area (Å²) in [4.78, 5) is 23.0. The van der Waals surface area contributed by atoms with Crippen molar-refractivity contribution in [2.45, 2.75) is 30.8 Å². The van der Waals surface area contributed by atoms with Gasteiger partial charge in [0, 0.05) is 0 Å². The van der Waals surface area contributed by atoms with Crippen LogP contribution in [-0.2, 0) is 20.9 Å². The van der Waals surface area contributed by atoms with Gasteiger partial charge < -0.3 is 15.2 Å². The van der Waals surface area contributed by atoms with E-state index in [1.807, 2.05) is 30.3 Å². The van der Waals surface area contributed by atoms with Crippen LogP contribution in [0.15, 0.2) is 42.5 Å². The van der Waals surface area contributed by atoms with Gasteiger partial charge in [-0.15, -0.1) is 0 Å². The predicted molar refractivity (Wildman–Crippen MR) is 70.7 cm³/mol.